The average Bonchev–Trinajstić information content (AvgIpc) is 4.02. The van der Waals surface area contributed by atoms with Gasteiger partial charge in [0.05, 0.1) is 22.7 Å². The van der Waals surface area contributed by atoms with Gasteiger partial charge in [-0.25, -0.2) is 4.98 Å². The minimum Gasteiger partial charge on any atom is -0.454 e. The molecule has 63 heavy (non-hydrogen) atoms. The van der Waals surface area contributed by atoms with Gasteiger partial charge in [0.25, 0.3) is 0 Å². The van der Waals surface area contributed by atoms with E-state index >= 15 is 0 Å². The zero-order valence-electron chi connectivity index (χ0n) is 34.9. The van der Waals surface area contributed by atoms with Gasteiger partial charge in [-0.15, -0.1) is 0 Å². The number of furan rings is 1. The molecule has 300 valence electrons. The number of hydrogen-bond acceptors (Lipinski definition) is 5. The number of para-hydroxylation sites is 3. The van der Waals surface area contributed by atoms with Crippen molar-refractivity contribution in [3.63, 3.8) is 0 Å². The molecule has 0 N–H and O–H groups in total. The van der Waals surface area contributed by atoms with Crippen LogP contribution in [0.15, 0.2) is 221 Å². The summed E-state index contributed by atoms with van der Waals surface area (Å²) in [6, 6.07) is 74.7. The van der Waals surface area contributed by atoms with Crippen LogP contribution >= 0.6 is 0 Å². The number of rotatable bonds is 8. The Morgan fingerprint density at radius 1 is 0.413 bits per heavy atom. The predicted octanol–water partition coefficient (Wildman–Crippen LogP) is 16.3. The number of anilines is 6. The van der Waals surface area contributed by atoms with Gasteiger partial charge in [-0.05, 0) is 88.5 Å². The second-order valence-electron chi connectivity index (χ2n) is 16.7. The van der Waals surface area contributed by atoms with Crippen LogP contribution in [-0.4, -0.2) is 4.98 Å². The Morgan fingerprint density at radius 2 is 1.02 bits per heavy atom. The van der Waals surface area contributed by atoms with Crippen LogP contribution in [0, 0.1) is 0 Å². The van der Waals surface area contributed by atoms with E-state index < -0.39 is 0 Å². The topological polar surface area (TPSA) is 45.7 Å². The molecule has 0 bridgehead atoms. The van der Waals surface area contributed by atoms with Crippen molar-refractivity contribution in [2.45, 2.75) is 19.3 Å². The number of hydrogen-bond donors (Lipinski definition) is 0. The first-order valence-electron chi connectivity index (χ1n) is 21.5. The van der Waals surface area contributed by atoms with Crippen molar-refractivity contribution in [2.24, 2.45) is 0 Å². The molecule has 0 unspecified atom stereocenters. The molecule has 1 aliphatic carbocycles. The van der Waals surface area contributed by atoms with Crippen molar-refractivity contribution < 1.29 is 8.83 Å². The molecule has 0 saturated heterocycles. The maximum absolute atomic E-state index is 6.89. The first kappa shape index (κ1) is 36.7. The molecule has 5 nitrogen and oxygen atoms in total. The van der Waals surface area contributed by atoms with E-state index in [9.17, 15) is 0 Å². The molecule has 0 atom stereocenters. The number of aromatic nitrogens is 1. The SMILES string of the molecule is CC1(C)c2ccccc2-c2c(N(c3ccccc3)c3cc(N(c4ccc(-c5ccccc5)cc4)c4cccc5c4oc4ccccc45)c4nc(-c5ccccc5)oc4c3)cccc21. The standard InChI is InChI=1S/C58H41N3O2/c1-58(2)47-27-14-12-25-46(47)54-48(58)28-17-29-49(54)60(41-22-10-5-11-23-41)43-36-51(55-53(37-43)63-57(59-55)40-20-8-4-9-21-40)61(42-34-32-39(33-35-42)38-18-6-3-7-19-38)50-30-16-26-45-44-24-13-15-31-52(44)62-56(45)50/h3-37H,1-2H3. The zero-order chi connectivity index (χ0) is 42.1. The quantitative estimate of drug-likeness (QED) is 0.153. The Morgan fingerprint density at radius 3 is 1.81 bits per heavy atom. The molecule has 2 aromatic heterocycles. The van der Waals surface area contributed by atoms with Gasteiger partial charge in [0, 0.05) is 44.8 Å². The maximum atomic E-state index is 6.89. The van der Waals surface area contributed by atoms with Gasteiger partial charge in [-0.2, -0.15) is 0 Å². The third-order valence-electron chi connectivity index (χ3n) is 12.7. The zero-order valence-corrected chi connectivity index (χ0v) is 34.9. The minimum atomic E-state index is -0.178. The van der Waals surface area contributed by atoms with Crippen molar-refractivity contribution in [1.29, 1.82) is 0 Å². The lowest BCUT2D eigenvalue weighted by Crippen LogP contribution is -2.16. The summed E-state index contributed by atoms with van der Waals surface area (Å²) in [5.41, 5.74) is 16.9. The highest BCUT2D eigenvalue weighted by atomic mass is 16.3. The number of nitrogens with zero attached hydrogens (tertiary/aromatic N) is 3. The van der Waals surface area contributed by atoms with E-state index in [4.69, 9.17) is 13.8 Å². The van der Waals surface area contributed by atoms with Crippen LogP contribution < -0.4 is 9.80 Å². The van der Waals surface area contributed by atoms with E-state index in [-0.39, 0.29) is 5.41 Å². The molecule has 0 saturated carbocycles. The summed E-state index contributed by atoms with van der Waals surface area (Å²) >= 11 is 0. The van der Waals surface area contributed by atoms with Crippen molar-refractivity contribution in [2.75, 3.05) is 9.80 Å². The van der Waals surface area contributed by atoms with Gasteiger partial charge in [0.15, 0.2) is 11.2 Å². The number of fused-ring (bicyclic) bond motifs is 7. The molecule has 0 amide bonds. The molecule has 12 rings (SSSR count). The molecule has 1 aliphatic rings. The van der Waals surface area contributed by atoms with Crippen molar-refractivity contribution in [3.8, 4) is 33.7 Å². The lowest BCUT2D eigenvalue weighted by Gasteiger charge is -2.31. The van der Waals surface area contributed by atoms with Gasteiger partial charge in [-0.1, -0.05) is 159 Å². The molecular formula is C58H41N3O2. The van der Waals surface area contributed by atoms with Crippen LogP contribution in [0.5, 0.6) is 0 Å². The Kier molecular flexibility index (Phi) is 8.44. The fourth-order valence-electron chi connectivity index (χ4n) is 9.68. The van der Waals surface area contributed by atoms with Crippen LogP contribution in [0.25, 0.3) is 66.7 Å². The molecule has 5 heteroatoms. The average molecular weight is 812 g/mol. The van der Waals surface area contributed by atoms with Crippen molar-refractivity contribution in [1.82, 2.24) is 4.98 Å². The molecule has 9 aromatic carbocycles. The van der Waals surface area contributed by atoms with Gasteiger partial charge in [0.1, 0.15) is 11.1 Å². The Balaban J connectivity index is 1.16. The largest absolute Gasteiger partial charge is 0.454 e. The smallest absolute Gasteiger partial charge is 0.227 e. The van der Waals surface area contributed by atoms with Gasteiger partial charge >= 0.3 is 0 Å². The summed E-state index contributed by atoms with van der Waals surface area (Å²) in [6.45, 7) is 4.66. The molecule has 0 spiro atoms. The van der Waals surface area contributed by atoms with E-state index in [2.05, 4.69) is 194 Å². The monoisotopic (exact) mass is 811 g/mol. The molecule has 0 fully saturated rings. The number of benzene rings is 9. The molecular weight excluding hydrogens is 771 g/mol. The minimum absolute atomic E-state index is 0.178. The van der Waals surface area contributed by atoms with E-state index in [1.54, 1.807) is 0 Å². The first-order chi connectivity index (χ1) is 31.0. The molecule has 11 aromatic rings. The van der Waals surface area contributed by atoms with Crippen LogP contribution in [0.4, 0.5) is 34.1 Å². The summed E-state index contributed by atoms with van der Waals surface area (Å²) < 4.78 is 13.7. The Bertz CT molecular complexity index is 3480. The highest BCUT2D eigenvalue weighted by Gasteiger charge is 2.38. The fraction of sp³-hybridized carbons (Fsp3) is 0.0517. The van der Waals surface area contributed by atoms with Crippen LogP contribution in [-0.2, 0) is 5.41 Å². The van der Waals surface area contributed by atoms with Crippen LogP contribution in [0.2, 0.25) is 0 Å². The van der Waals surface area contributed by atoms with Gasteiger partial charge in [0.2, 0.25) is 5.89 Å². The first-order valence-corrected chi connectivity index (χ1v) is 21.5. The lowest BCUT2D eigenvalue weighted by molar-refractivity contribution is 0.620. The van der Waals surface area contributed by atoms with Crippen LogP contribution in [0.3, 0.4) is 0 Å². The van der Waals surface area contributed by atoms with Gasteiger partial charge in [-0.3, -0.25) is 0 Å². The second-order valence-corrected chi connectivity index (χ2v) is 16.7. The van der Waals surface area contributed by atoms with E-state index in [1.165, 1.54) is 22.3 Å². The number of oxazole rings is 1. The summed E-state index contributed by atoms with van der Waals surface area (Å²) in [4.78, 5) is 10.0. The lowest BCUT2D eigenvalue weighted by atomic mass is 9.82. The van der Waals surface area contributed by atoms with Gasteiger partial charge < -0.3 is 18.6 Å². The van der Waals surface area contributed by atoms with E-state index in [1.807, 2.05) is 42.5 Å². The fourth-order valence-corrected chi connectivity index (χ4v) is 9.68. The third kappa shape index (κ3) is 5.96. The van der Waals surface area contributed by atoms with E-state index in [0.717, 1.165) is 78.3 Å². The molecule has 2 heterocycles. The summed E-state index contributed by atoms with van der Waals surface area (Å²) in [7, 11) is 0. The Hall–Kier alpha value is -8.15. The third-order valence-corrected chi connectivity index (χ3v) is 12.7. The normalized spacial score (nSPS) is 12.7. The van der Waals surface area contributed by atoms with E-state index in [0.29, 0.717) is 11.5 Å². The maximum Gasteiger partial charge on any atom is 0.227 e. The summed E-state index contributed by atoms with van der Waals surface area (Å²) in [5.74, 6) is 0.549. The van der Waals surface area contributed by atoms with Crippen molar-refractivity contribution >= 4 is 67.2 Å². The molecule has 0 aliphatic heterocycles. The predicted molar refractivity (Wildman–Crippen MR) is 259 cm³/mol. The highest BCUT2D eigenvalue weighted by Crippen LogP contribution is 2.55. The highest BCUT2D eigenvalue weighted by molar-refractivity contribution is 6.12. The van der Waals surface area contributed by atoms with Crippen molar-refractivity contribution in [3.05, 3.63) is 223 Å². The molecule has 0 radical (unpaired) electrons. The van der Waals surface area contributed by atoms with Crippen LogP contribution in [0.1, 0.15) is 25.0 Å². The second kappa shape index (κ2) is 14.5. The summed E-state index contributed by atoms with van der Waals surface area (Å²) in [6.07, 6.45) is 0. The summed E-state index contributed by atoms with van der Waals surface area (Å²) in [5, 5.41) is 2.11. The Labute approximate surface area is 365 Å².